The lowest BCUT2D eigenvalue weighted by Gasteiger charge is -2.33. The van der Waals surface area contributed by atoms with Crippen LogP contribution in [0.4, 0.5) is 18.9 Å². The molecule has 0 aliphatic rings. The number of anilines is 1. The highest BCUT2D eigenvalue weighted by molar-refractivity contribution is 9.08. The van der Waals surface area contributed by atoms with Crippen LogP contribution in [0.3, 0.4) is 0 Å². The smallest absolute Gasteiger partial charge is 0.422 e. The second-order valence-corrected chi connectivity index (χ2v) is 8.84. The number of nitrogens with zero attached hydrogens (tertiary/aromatic N) is 1. The topological polar surface area (TPSA) is 46.6 Å². The predicted molar refractivity (Wildman–Crippen MR) is 102 cm³/mol. The monoisotopic (exact) mass is 451 g/mol. The van der Waals surface area contributed by atoms with Gasteiger partial charge in [-0.3, -0.25) is 9.59 Å². The fourth-order valence-corrected chi connectivity index (χ4v) is 2.55. The Labute approximate surface area is 166 Å². The molecule has 0 aromatic heterocycles. The van der Waals surface area contributed by atoms with Crippen molar-refractivity contribution in [2.24, 2.45) is 10.8 Å². The van der Waals surface area contributed by atoms with E-state index < -0.39 is 35.4 Å². The number of carbonyl (C=O) groups is 2. The first kappa shape index (κ1) is 23.5. The molecule has 0 unspecified atom stereocenters. The standard InChI is InChI=1S/C19H25BrF3NO3/c1-17(2,3)15(25)24(16(26)18(4,5)6)13-8-7-12(10-20)14(9-13)27-11-19(21,22)23/h7-9H,10-11H2,1-6H3. The summed E-state index contributed by atoms with van der Waals surface area (Å²) < 4.78 is 42.6. The zero-order chi connectivity index (χ0) is 21.2. The Morgan fingerprint density at radius 2 is 1.48 bits per heavy atom. The normalized spacial score (nSPS) is 12.7. The van der Waals surface area contributed by atoms with Crippen LogP contribution in [0.2, 0.25) is 0 Å². The van der Waals surface area contributed by atoms with Gasteiger partial charge in [-0.05, 0) is 6.07 Å². The van der Waals surface area contributed by atoms with Crippen LogP contribution in [0.1, 0.15) is 47.1 Å². The molecule has 0 bridgehead atoms. The minimum absolute atomic E-state index is 0.0323. The number of amides is 2. The van der Waals surface area contributed by atoms with Crippen molar-refractivity contribution < 1.29 is 27.5 Å². The Hall–Kier alpha value is -1.57. The average molecular weight is 452 g/mol. The van der Waals surface area contributed by atoms with Crippen molar-refractivity contribution >= 4 is 33.4 Å². The first-order chi connectivity index (χ1) is 12.1. The summed E-state index contributed by atoms with van der Waals surface area (Å²) in [5.74, 6) is -0.929. The highest BCUT2D eigenvalue weighted by Crippen LogP contribution is 2.33. The van der Waals surface area contributed by atoms with E-state index in [4.69, 9.17) is 4.74 Å². The highest BCUT2D eigenvalue weighted by Gasteiger charge is 2.38. The maximum absolute atomic E-state index is 12.9. The number of carbonyl (C=O) groups excluding carboxylic acids is 2. The zero-order valence-corrected chi connectivity index (χ0v) is 17.9. The van der Waals surface area contributed by atoms with Crippen LogP contribution in [0.5, 0.6) is 5.75 Å². The van der Waals surface area contributed by atoms with Gasteiger partial charge in [0.15, 0.2) is 6.61 Å². The predicted octanol–water partition coefficient (Wildman–Crippen LogP) is 5.47. The lowest BCUT2D eigenvalue weighted by atomic mass is 9.90. The van der Waals surface area contributed by atoms with E-state index in [1.54, 1.807) is 41.5 Å². The summed E-state index contributed by atoms with van der Waals surface area (Å²) in [5.41, 5.74) is -1.06. The lowest BCUT2D eigenvalue weighted by Crippen LogP contribution is -2.48. The molecule has 1 aromatic carbocycles. The van der Waals surface area contributed by atoms with Gasteiger partial charge < -0.3 is 4.74 Å². The summed E-state index contributed by atoms with van der Waals surface area (Å²) in [5, 5.41) is 0.265. The maximum Gasteiger partial charge on any atom is 0.422 e. The van der Waals surface area contributed by atoms with Gasteiger partial charge in [0.05, 0.1) is 5.69 Å². The summed E-state index contributed by atoms with van der Waals surface area (Å²) in [6.07, 6.45) is -4.50. The van der Waals surface area contributed by atoms with E-state index in [9.17, 15) is 22.8 Å². The molecule has 0 aliphatic carbocycles. The van der Waals surface area contributed by atoms with E-state index in [-0.39, 0.29) is 16.8 Å². The van der Waals surface area contributed by atoms with Crippen LogP contribution >= 0.6 is 15.9 Å². The number of rotatable bonds is 4. The fourth-order valence-electron chi connectivity index (χ4n) is 2.08. The number of benzene rings is 1. The van der Waals surface area contributed by atoms with Crippen molar-refractivity contribution in [3.05, 3.63) is 23.8 Å². The van der Waals surface area contributed by atoms with Crippen molar-refractivity contribution in [1.82, 2.24) is 0 Å². The van der Waals surface area contributed by atoms with E-state index in [0.717, 1.165) is 4.90 Å². The number of halogens is 4. The lowest BCUT2D eigenvalue weighted by molar-refractivity contribution is -0.153. The third-order valence-electron chi connectivity index (χ3n) is 3.53. The Kier molecular flexibility index (Phi) is 7.13. The van der Waals surface area contributed by atoms with Crippen molar-refractivity contribution in [2.45, 2.75) is 53.0 Å². The van der Waals surface area contributed by atoms with Crippen LogP contribution in [-0.4, -0.2) is 24.6 Å². The summed E-state index contributed by atoms with van der Waals surface area (Å²) >= 11 is 3.20. The fraction of sp³-hybridized carbons (Fsp3) is 0.579. The number of alkyl halides is 4. The minimum atomic E-state index is -4.50. The van der Waals surface area contributed by atoms with Gasteiger partial charge >= 0.3 is 6.18 Å². The third kappa shape index (κ3) is 6.52. The van der Waals surface area contributed by atoms with Gasteiger partial charge in [-0.25, -0.2) is 4.90 Å². The van der Waals surface area contributed by atoms with Gasteiger partial charge in [-0.1, -0.05) is 63.5 Å². The minimum Gasteiger partial charge on any atom is -0.484 e. The molecule has 152 valence electrons. The van der Waals surface area contributed by atoms with E-state index in [1.807, 2.05) is 0 Å². The molecule has 0 heterocycles. The van der Waals surface area contributed by atoms with Gasteiger partial charge in [-0.15, -0.1) is 0 Å². The maximum atomic E-state index is 12.9. The number of ether oxygens (including phenoxy) is 1. The molecule has 0 radical (unpaired) electrons. The van der Waals surface area contributed by atoms with Crippen molar-refractivity contribution in [3.8, 4) is 5.75 Å². The first-order valence-electron chi connectivity index (χ1n) is 8.35. The van der Waals surface area contributed by atoms with Gasteiger partial charge in [0.1, 0.15) is 5.75 Å². The van der Waals surface area contributed by atoms with E-state index in [1.165, 1.54) is 18.2 Å². The van der Waals surface area contributed by atoms with Crippen LogP contribution in [-0.2, 0) is 14.9 Å². The van der Waals surface area contributed by atoms with Crippen molar-refractivity contribution in [1.29, 1.82) is 0 Å². The first-order valence-corrected chi connectivity index (χ1v) is 9.47. The Balaban J connectivity index is 3.45. The summed E-state index contributed by atoms with van der Waals surface area (Å²) in [6, 6.07) is 4.37. The van der Waals surface area contributed by atoms with E-state index >= 15 is 0 Å². The van der Waals surface area contributed by atoms with Gasteiger partial charge in [0.2, 0.25) is 11.8 Å². The van der Waals surface area contributed by atoms with Crippen molar-refractivity contribution in [2.75, 3.05) is 11.5 Å². The Bertz CT molecular complexity index is 678. The van der Waals surface area contributed by atoms with Crippen LogP contribution in [0, 0.1) is 10.8 Å². The highest BCUT2D eigenvalue weighted by atomic mass is 79.9. The van der Waals surface area contributed by atoms with Gasteiger partial charge in [-0.2, -0.15) is 13.2 Å². The molecule has 4 nitrogen and oxygen atoms in total. The second-order valence-electron chi connectivity index (χ2n) is 8.28. The molecule has 0 saturated heterocycles. The zero-order valence-electron chi connectivity index (χ0n) is 16.3. The molecule has 27 heavy (non-hydrogen) atoms. The molecule has 0 atom stereocenters. The molecular weight excluding hydrogens is 427 g/mol. The van der Waals surface area contributed by atoms with E-state index in [2.05, 4.69) is 15.9 Å². The Morgan fingerprint density at radius 3 is 1.85 bits per heavy atom. The molecule has 0 fully saturated rings. The van der Waals surface area contributed by atoms with Gasteiger partial charge in [0.25, 0.3) is 0 Å². The molecule has 0 spiro atoms. The number of hydrogen-bond acceptors (Lipinski definition) is 3. The van der Waals surface area contributed by atoms with Crippen LogP contribution < -0.4 is 9.64 Å². The third-order valence-corrected chi connectivity index (χ3v) is 4.14. The van der Waals surface area contributed by atoms with Crippen LogP contribution in [0.25, 0.3) is 0 Å². The average Bonchev–Trinajstić information content (AvgIpc) is 2.50. The van der Waals surface area contributed by atoms with Gasteiger partial charge in [0, 0.05) is 27.8 Å². The molecule has 2 amide bonds. The number of hydrogen-bond donors (Lipinski definition) is 0. The molecule has 0 saturated carbocycles. The molecule has 8 heteroatoms. The summed E-state index contributed by atoms with van der Waals surface area (Å²) in [6.45, 7) is 8.58. The summed E-state index contributed by atoms with van der Waals surface area (Å²) in [4.78, 5) is 26.8. The molecule has 0 aliphatic heterocycles. The molecule has 1 aromatic rings. The van der Waals surface area contributed by atoms with E-state index in [0.29, 0.717) is 5.56 Å². The van der Waals surface area contributed by atoms with Crippen molar-refractivity contribution in [3.63, 3.8) is 0 Å². The molecule has 0 N–H and O–H groups in total. The quantitative estimate of drug-likeness (QED) is 0.569. The molecular formula is C19H25BrF3NO3. The summed E-state index contributed by atoms with van der Waals surface area (Å²) in [7, 11) is 0. The Morgan fingerprint density at radius 1 is 1.00 bits per heavy atom. The van der Waals surface area contributed by atoms with Crippen LogP contribution in [0.15, 0.2) is 18.2 Å². The number of imide groups is 1. The molecule has 1 rings (SSSR count). The SMILES string of the molecule is CC(C)(C)C(=O)N(C(=O)C(C)(C)C)c1ccc(CBr)c(OCC(F)(F)F)c1. The second kappa shape index (κ2) is 8.20. The largest absolute Gasteiger partial charge is 0.484 e.